The zero-order valence-corrected chi connectivity index (χ0v) is 17.2. The number of ether oxygens (including phenoxy) is 1. The van der Waals surface area contributed by atoms with Gasteiger partial charge in [0.15, 0.2) is 6.10 Å². The molecule has 0 unspecified atom stereocenters. The third-order valence-corrected chi connectivity index (χ3v) is 4.88. The Balaban J connectivity index is 1.68. The van der Waals surface area contributed by atoms with Crippen molar-refractivity contribution in [2.45, 2.75) is 39.7 Å². The van der Waals surface area contributed by atoms with Gasteiger partial charge >= 0.3 is 5.97 Å². The lowest BCUT2D eigenvalue weighted by molar-refractivity contribution is -0.123. The molecule has 3 amide bonds. The number of nitrogens with one attached hydrogen (secondary N) is 1. The summed E-state index contributed by atoms with van der Waals surface area (Å²) in [6.07, 6.45) is 0.533. The molecule has 1 atom stereocenters. The van der Waals surface area contributed by atoms with E-state index in [-0.39, 0.29) is 22.6 Å². The molecular formula is C23H24N2O5. The van der Waals surface area contributed by atoms with Crippen LogP contribution in [0.4, 0.5) is 5.69 Å². The van der Waals surface area contributed by atoms with Crippen molar-refractivity contribution in [1.82, 2.24) is 4.90 Å². The number of anilines is 1. The number of rotatable bonds is 7. The maximum Gasteiger partial charge on any atom is 0.338 e. The minimum Gasteiger partial charge on any atom is -0.449 e. The predicted molar refractivity (Wildman–Crippen MR) is 111 cm³/mol. The number of hydrogen-bond acceptors (Lipinski definition) is 5. The Morgan fingerprint density at radius 1 is 1.07 bits per heavy atom. The molecule has 0 bridgehead atoms. The standard InChI is InChI=1S/C23H24N2O5/c1-4-5-11-25-21(27)18-10-9-16(13-19(18)22(25)28)23(29)30-15(3)20(26)24-17-8-6-7-14(2)12-17/h6-10,12-13,15H,4-5,11H2,1-3H3,(H,24,26)/t15-/m0/s1. The van der Waals surface area contributed by atoms with Gasteiger partial charge in [-0.3, -0.25) is 19.3 Å². The lowest BCUT2D eigenvalue weighted by Gasteiger charge is -2.14. The zero-order valence-electron chi connectivity index (χ0n) is 17.2. The van der Waals surface area contributed by atoms with Gasteiger partial charge in [-0.15, -0.1) is 0 Å². The molecule has 1 aliphatic rings. The van der Waals surface area contributed by atoms with Crippen molar-refractivity contribution in [2.75, 3.05) is 11.9 Å². The van der Waals surface area contributed by atoms with Crippen LogP contribution in [-0.2, 0) is 9.53 Å². The van der Waals surface area contributed by atoms with Gasteiger partial charge < -0.3 is 10.1 Å². The Bertz CT molecular complexity index is 1010. The average Bonchev–Trinajstić information content (AvgIpc) is 2.96. The summed E-state index contributed by atoms with van der Waals surface area (Å²) >= 11 is 0. The molecule has 2 aromatic carbocycles. The molecule has 7 nitrogen and oxygen atoms in total. The van der Waals surface area contributed by atoms with E-state index in [0.717, 1.165) is 12.0 Å². The number of esters is 1. The first kappa shape index (κ1) is 21.2. The highest BCUT2D eigenvalue weighted by molar-refractivity contribution is 6.22. The Morgan fingerprint density at radius 3 is 2.50 bits per heavy atom. The topological polar surface area (TPSA) is 92.8 Å². The molecule has 0 saturated heterocycles. The summed E-state index contributed by atoms with van der Waals surface area (Å²) in [5, 5.41) is 2.70. The number of carbonyl (C=O) groups excluding carboxylic acids is 4. The molecule has 156 valence electrons. The van der Waals surface area contributed by atoms with E-state index in [2.05, 4.69) is 5.32 Å². The molecule has 1 aliphatic heterocycles. The molecule has 30 heavy (non-hydrogen) atoms. The minimum atomic E-state index is -1.04. The van der Waals surface area contributed by atoms with Crippen LogP contribution in [0.2, 0.25) is 0 Å². The van der Waals surface area contributed by atoms with E-state index in [1.165, 1.54) is 30.0 Å². The summed E-state index contributed by atoms with van der Waals surface area (Å²) < 4.78 is 5.25. The minimum absolute atomic E-state index is 0.113. The van der Waals surface area contributed by atoms with Gasteiger partial charge in [-0.25, -0.2) is 4.79 Å². The van der Waals surface area contributed by atoms with E-state index >= 15 is 0 Å². The van der Waals surface area contributed by atoms with Crippen molar-refractivity contribution in [3.8, 4) is 0 Å². The highest BCUT2D eigenvalue weighted by Gasteiger charge is 2.35. The van der Waals surface area contributed by atoms with E-state index in [1.54, 1.807) is 12.1 Å². The predicted octanol–water partition coefficient (Wildman–Crippen LogP) is 3.58. The molecule has 0 aliphatic carbocycles. The van der Waals surface area contributed by atoms with E-state index in [0.29, 0.717) is 18.7 Å². The van der Waals surface area contributed by atoms with Crippen LogP contribution in [0.5, 0.6) is 0 Å². The summed E-state index contributed by atoms with van der Waals surface area (Å²) in [7, 11) is 0. The molecule has 0 saturated carbocycles. The van der Waals surface area contributed by atoms with Gasteiger partial charge in [0.05, 0.1) is 16.7 Å². The van der Waals surface area contributed by atoms with Crippen molar-refractivity contribution in [1.29, 1.82) is 0 Å². The highest BCUT2D eigenvalue weighted by Crippen LogP contribution is 2.25. The molecule has 2 aromatic rings. The number of nitrogens with zero attached hydrogens (tertiary/aromatic N) is 1. The second-order valence-corrected chi connectivity index (χ2v) is 7.28. The van der Waals surface area contributed by atoms with Crippen LogP contribution in [0.3, 0.4) is 0 Å². The van der Waals surface area contributed by atoms with Crippen LogP contribution in [0.25, 0.3) is 0 Å². The van der Waals surface area contributed by atoms with E-state index in [1.807, 2.05) is 26.0 Å². The number of amides is 3. The zero-order chi connectivity index (χ0) is 21.8. The van der Waals surface area contributed by atoms with Gasteiger partial charge in [-0.1, -0.05) is 25.5 Å². The fraction of sp³-hybridized carbons (Fsp3) is 0.304. The third kappa shape index (κ3) is 4.40. The van der Waals surface area contributed by atoms with Gasteiger partial charge in [0.2, 0.25) is 0 Å². The van der Waals surface area contributed by atoms with Crippen molar-refractivity contribution < 1.29 is 23.9 Å². The van der Waals surface area contributed by atoms with Gasteiger partial charge in [0.1, 0.15) is 0 Å². The number of aryl methyl sites for hydroxylation is 1. The fourth-order valence-corrected chi connectivity index (χ4v) is 3.19. The van der Waals surface area contributed by atoms with Gasteiger partial charge in [-0.2, -0.15) is 0 Å². The van der Waals surface area contributed by atoms with Crippen molar-refractivity contribution in [3.63, 3.8) is 0 Å². The van der Waals surface area contributed by atoms with Crippen LogP contribution in [0.1, 0.15) is 63.3 Å². The second kappa shape index (κ2) is 8.90. The molecule has 0 radical (unpaired) electrons. The van der Waals surface area contributed by atoms with Gasteiger partial charge in [-0.05, 0) is 56.2 Å². The Labute approximate surface area is 175 Å². The third-order valence-electron chi connectivity index (χ3n) is 4.88. The molecule has 3 rings (SSSR count). The normalized spacial score (nSPS) is 13.8. The summed E-state index contributed by atoms with van der Waals surface area (Å²) in [4.78, 5) is 50.9. The van der Waals surface area contributed by atoms with E-state index < -0.39 is 23.9 Å². The summed E-state index contributed by atoms with van der Waals surface area (Å²) in [5.41, 5.74) is 2.17. The van der Waals surface area contributed by atoms with E-state index in [4.69, 9.17) is 4.74 Å². The number of unbranched alkanes of at least 4 members (excludes halogenated alkanes) is 1. The van der Waals surface area contributed by atoms with Crippen LogP contribution in [-0.4, -0.2) is 41.2 Å². The number of benzene rings is 2. The first-order valence-corrected chi connectivity index (χ1v) is 9.90. The molecule has 1 N–H and O–H groups in total. The number of imide groups is 1. The second-order valence-electron chi connectivity index (χ2n) is 7.28. The number of carbonyl (C=O) groups is 4. The maximum absolute atomic E-state index is 12.5. The Kier molecular flexibility index (Phi) is 6.30. The Hall–Kier alpha value is -3.48. The fourth-order valence-electron chi connectivity index (χ4n) is 3.19. The largest absolute Gasteiger partial charge is 0.449 e. The molecule has 7 heteroatoms. The van der Waals surface area contributed by atoms with Crippen LogP contribution in [0.15, 0.2) is 42.5 Å². The SMILES string of the molecule is CCCCN1C(=O)c2ccc(C(=O)O[C@@H](C)C(=O)Nc3cccc(C)c3)cc2C1=O. The maximum atomic E-state index is 12.5. The number of hydrogen-bond donors (Lipinski definition) is 1. The average molecular weight is 408 g/mol. The highest BCUT2D eigenvalue weighted by atomic mass is 16.5. The molecule has 0 spiro atoms. The van der Waals surface area contributed by atoms with Crippen molar-refractivity contribution in [3.05, 3.63) is 64.7 Å². The lowest BCUT2D eigenvalue weighted by atomic mass is 10.1. The van der Waals surface area contributed by atoms with Crippen LogP contribution in [0, 0.1) is 6.92 Å². The van der Waals surface area contributed by atoms with E-state index in [9.17, 15) is 19.2 Å². The first-order chi connectivity index (χ1) is 14.3. The Morgan fingerprint density at radius 2 is 1.80 bits per heavy atom. The van der Waals surface area contributed by atoms with Crippen molar-refractivity contribution in [2.24, 2.45) is 0 Å². The van der Waals surface area contributed by atoms with Crippen molar-refractivity contribution >= 4 is 29.4 Å². The molecular weight excluding hydrogens is 384 g/mol. The molecule has 0 fully saturated rings. The lowest BCUT2D eigenvalue weighted by Crippen LogP contribution is -2.30. The molecule has 0 aromatic heterocycles. The van der Waals surface area contributed by atoms with Gasteiger partial charge in [0, 0.05) is 12.2 Å². The van der Waals surface area contributed by atoms with Crippen LogP contribution < -0.4 is 5.32 Å². The summed E-state index contributed by atoms with van der Waals surface area (Å²) in [6, 6.07) is 11.5. The monoisotopic (exact) mass is 408 g/mol. The smallest absolute Gasteiger partial charge is 0.338 e. The summed E-state index contributed by atoms with van der Waals surface area (Å²) in [6.45, 7) is 5.70. The number of fused-ring (bicyclic) bond motifs is 1. The summed E-state index contributed by atoms with van der Waals surface area (Å²) in [5.74, 6) is -1.97. The van der Waals surface area contributed by atoms with Gasteiger partial charge in [0.25, 0.3) is 17.7 Å². The quantitative estimate of drug-likeness (QED) is 0.558. The molecule has 1 heterocycles. The first-order valence-electron chi connectivity index (χ1n) is 9.90. The van der Waals surface area contributed by atoms with Crippen LogP contribution >= 0.6 is 0 Å².